The molecule has 1 aliphatic rings. The lowest BCUT2D eigenvalue weighted by atomic mass is 9.97. The van der Waals surface area contributed by atoms with Crippen LogP contribution < -0.4 is 20.7 Å². The lowest BCUT2D eigenvalue weighted by Crippen LogP contribution is -2.52. The van der Waals surface area contributed by atoms with Crippen LogP contribution in [0.25, 0.3) is 0 Å². The highest BCUT2D eigenvalue weighted by molar-refractivity contribution is 5.89. The number of anilines is 1. The smallest absolute Gasteiger partial charge is 0.319 e. The summed E-state index contributed by atoms with van der Waals surface area (Å²) in [6, 6.07) is 11.8. The van der Waals surface area contributed by atoms with Crippen LogP contribution in [0.4, 0.5) is 10.5 Å². The van der Waals surface area contributed by atoms with Gasteiger partial charge in [-0.25, -0.2) is 4.79 Å². The van der Waals surface area contributed by atoms with Gasteiger partial charge in [0.25, 0.3) is 0 Å². The summed E-state index contributed by atoms with van der Waals surface area (Å²) in [5.74, 6) is 0.554. The Bertz CT molecular complexity index is 847. The molecule has 1 aromatic heterocycles. The molecule has 1 saturated heterocycles. The van der Waals surface area contributed by atoms with Gasteiger partial charge in [0, 0.05) is 11.9 Å². The first-order valence-corrected chi connectivity index (χ1v) is 10.2. The number of hydrogen-bond acceptors (Lipinski definition) is 6. The maximum absolute atomic E-state index is 12.3. The van der Waals surface area contributed by atoms with Crippen LogP contribution in [0.3, 0.4) is 0 Å². The van der Waals surface area contributed by atoms with Crippen LogP contribution in [0.2, 0.25) is 0 Å². The number of urea groups is 1. The summed E-state index contributed by atoms with van der Waals surface area (Å²) in [5.41, 5.74) is 1.40. The maximum Gasteiger partial charge on any atom is 0.319 e. The van der Waals surface area contributed by atoms with Gasteiger partial charge in [-0.1, -0.05) is 6.07 Å². The first-order chi connectivity index (χ1) is 15.1. The zero-order chi connectivity index (χ0) is 22.1. The number of carbonyl (C=O) groups is 2. The highest BCUT2D eigenvalue weighted by Gasteiger charge is 2.32. The summed E-state index contributed by atoms with van der Waals surface area (Å²) in [7, 11) is 1.57. The molecule has 3 rings (SSSR count). The number of pyridine rings is 1. The van der Waals surface area contributed by atoms with Gasteiger partial charge in [-0.15, -0.1) is 0 Å². The van der Waals surface area contributed by atoms with Gasteiger partial charge in [0.15, 0.2) is 0 Å². The predicted molar refractivity (Wildman–Crippen MR) is 115 cm³/mol. The second-order valence-electron chi connectivity index (χ2n) is 7.29. The number of nitrogens with zero attached hydrogens (tertiary/aromatic N) is 1. The zero-order valence-corrected chi connectivity index (χ0v) is 17.4. The Labute approximate surface area is 181 Å². The van der Waals surface area contributed by atoms with E-state index in [4.69, 9.17) is 9.47 Å². The molecule has 2 aromatic rings. The van der Waals surface area contributed by atoms with Crippen LogP contribution in [-0.2, 0) is 16.1 Å². The summed E-state index contributed by atoms with van der Waals surface area (Å²) in [5, 5.41) is 18.1. The molecule has 4 N–H and O–H groups in total. The molecule has 9 heteroatoms. The lowest BCUT2D eigenvalue weighted by Gasteiger charge is -2.35. The Morgan fingerprint density at radius 1 is 1.19 bits per heavy atom. The zero-order valence-electron chi connectivity index (χ0n) is 17.4. The van der Waals surface area contributed by atoms with E-state index in [-0.39, 0.29) is 37.1 Å². The number of aliphatic hydroxyl groups excluding tert-OH is 1. The van der Waals surface area contributed by atoms with Gasteiger partial charge in [-0.3, -0.25) is 9.78 Å². The molecule has 3 amide bonds. The van der Waals surface area contributed by atoms with Gasteiger partial charge < -0.3 is 30.5 Å². The van der Waals surface area contributed by atoms with Crippen molar-refractivity contribution in [2.45, 2.75) is 44.1 Å². The molecule has 1 fully saturated rings. The van der Waals surface area contributed by atoms with E-state index >= 15 is 0 Å². The molecule has 0 bridgehead atoms. The number of rotatable bonds is 8. The van der Waals surface area contributed by atoms with Crippen molar-refractivity contribution in [3.05, 3.63) is 54.4 Å². The van der Waals surface area contributed by atoms with Crippen LogP contribution in [-0.4, -0.2) is 54.0 Å². The summed E-state index contributed by atoms with van der Waals surface area (Å²) < 4.78 is 11.0. The lowest BCUT2D eigenvalue weighted by molar-refractivity contribution is -0.130. The average Bonchev–Trinajstić information content (AvgIpc) is 2.80. The minimum atomic E-state index is -0.580. The molecular weight excluding hydrogens is 400 g/mol. The number of aliphatic hydroxyl groups is 1. The molecule has 0 radical (unpaired) electrons. The summed E-state index contributed by atoms with van der Waals surface area (Å²) in [6.07, 6.45) is 2.16. The van der Waals surface area contributed by atoms with Gasteiger partial charge in [0.05, 0.1) is 44.5 Å². The number of aromatic nitrogens is 1. The number of methoxy groups -OCH3 is 1. The fraction of sp³-hybridized carbons (Fsp3) is 0.409. The number of hydrogen-bond donors (Lipinski definition) is 4. The molecule has 166 valence electrons. The van der Waals surface area contributed by atoms with E-state index in [2.05, 4.69) is 20.9 Å². The van der Waals surface area contributed by atoms with Crippen molar-refractivity contribution in [3.8, 4) is 5.75 Å². The summed E-state index contributed by atoms with van der Waals surface area (Å²) >= 11 is 0. The van der Waals surface area contributed by atoms with Crippen molar-refractivity contribution < 1.29 is 24.2 Å². The molecule has 0 saturated carbocycles. The Balaban J connectivity index is 1.43. The van der Waals surface area contributed by atoms with Crippen molar-refractivity contribution in [2.75, 3.05) is 19.0 Å². The number of ether oxygens (including phenoxy) is 2. The molecule has 31 heavy (non-hydrogen) atoms. The highest BCUT2D eigenvalue weighted by atomic mass is 16.5. The number of nitrogens with one attached hydrogen (secondary N) is 3. The topological polar surface area (TPSA) is 122 Å². The van der Waals surface area contributed by atoms with E-state index in [0.29, 0.717) is 30.8 Å². The molecule has 0 aliphatic carbocycles. The first-order valence-electron chi connectivity index (χ1n) is 10.2. The molecule has 3 atom stereocenters. The van der Waals surface area contributed by atoms with E-state index < -0.39 is 6.10 Å². The van der Waals surface area contributed by atoms with Crippen LogP contribution >= 0.6 is 0 Å². The molecule has 0 unspecified atom stereocenters. The fourth-order valence-corrected chi connectivity index (χ4v) is 3.43. The third kappa shape index (κ3) is 6.94. The van der Waals surface area contributed by atoms with Crippen LogP contribution in [0.15, 0.2) is 48.7 Å². The van der Waals surface area contributed by atoms with E-state index in [1.54, 1.807) is 37.6 Å². The second kappa shape index (κ2) is 11.3. The predicted octanol–water partition coefficient (Wildman–Crippen LogP) is 1.83. The van der Waals surface area contributed by atoms with Gasteiger partial charge in [-0.05, 0) is 49.2 Å². The van der Waals surface area contributed by atoms with Crippen LogP contribution in [0, 0.1) is 0 Å². The maximum atomic E-state index is 12.3. The average molecular weight is 428 g/mol. The third-order valence-electron chi connectivity index (χ3n) is 5.07. The number of amides is 3. The minimum Gasteiger partial charge on any atom is -0.497 e. The van der Waals surface area contributed by atoms with Crippen LogP contribution in [0.5, 0.6) is 5.75 Å². The Hall–Kier alpha value is -3.17. The monoisotopic (exact) mass is 428 g/mol. The summed E-state index contributed by atoms with van der Waals surface area (Å²) in [4.78, 5) is 28.7. The summed E-state index contributed by atoms with van der Waals surface area (Å²) in [6.45, 7) is 0.102. The van der Waals surface area contributed by atoms with Gasteiger partial charge in [-0.2, -0.15) is 0 Å². The van der Waals surface area contributed by atoms with E-state index in [1.165, 1.54) is 0 Å². The van der Waals surface area contributed by atoms with Crippen molar-refractivity contribution in [3.63, 3.8) is 0 Å². The highest BCUT2D eigenvalue weighted by Crippen LogP contribution is 2.22. The molecule has 2 heterocycles. The van der Waals surface area contributed by atoms with Gasteiger partial charge in [0.2, 0.25) is 5.91 Å². The molecule has 0 spiro atoms. The van der Waals surface area contributed by atoms with Gasteiger partial charge >= 0.3 is 6.03 Å². The molecule has 1 aliphatic heterocycles. The molecule has 1 aromatic carbocycles. The Morgan fingerprint density at radius 2 is 2.00 bits per heavy atom. The fourth-order valence-electron chi connectivity index (χ4n) is 3.43. The van der Waals surface area contributed by atoms with Crippen molar-refractivity contribution in [1.82, 2.24) is 15.6 Å². The standard InChI is InChI=1S/C22H28N4O5/c1-30-17-7-5-15(6-8-17)25-22(29)26-19-10-9-18(31-20(19)14-27)12-21(28)24-13-16-4-2-3-11-23-16/h2-8,11,18-20,27H,9-10,12-14H2,1H3,(H,24,28)(H2,25,26,29)/t18-,19+,20+/m1/s1. The SMILES string of the molecule is COc1ccc(NC(=O)N[C@H]2CC[C@H](CC(=O)NCc3ccccn3)O[C@H]2CO)cc1. The normalized spacial score (nSPS) is 20.5. The van der Waals surface area contributed by atoms with Crippen molar-refractivity contribution in [2.24, 2.45) is 0 Å². The second-order valence-corrected chi connectivity index (χ2v) is 7.29. The Morgan fingerprint density at radius 3 is 2.68 bits per heavy atom. The van der Waals surface area contributed by atoms with Crippen LogP contribution in [0.1, 0.15) is 25.0 Å². The first kappa shape index (κ1) is 22.5. The Kier molecular flexibility index (Phi) is 8.19. The molecule has 9 nitrogen and oxygen atoms in total. The largest absolute Gasteiger partial charge is 0.497 e. The van der Waals surface area contributed by atoms with Gasteiger partial charge in [0.1, 0.15) is 11.9 Å². The third-order valence-corrected chi connectivity index (χ3v) is 5.07. The van der Waals surface area contributed by atoms with E-state index in [9.17, 15) is 14.7 Å². The van der Waals surface area contributed by atoms with E-state index in [1.807, 2.05) is 18.2 Å². The minimum absolute atomic E-state index is 0.143. The quantitative estimate of drug-likeness (QED) is 0.509. The van der Waals surface area contributed by atoms with Crippen molar-refractivity contribution >= 4 is 17.6 Å². The number of carbonyl (C=O) groups excluding carboxylic acids is 2. The number of benzene rings is 1. The van der Waals surface area contributed by atoms with E-state index in [0.717, 1.165) is 5.69 Å². The molecular formula is C22H28N4O5. The van der Waals surface area contributed by atoms with Crippen molar-refractivity contribution in [1.29, 1.82) is 0 Å².